The molecule has 0 bridgehead atoms. The van der Waals surface area contributed by atoms with E-state index in [4.69, 9.17) is 14.2 Å². The average molecular weight is 358 g/mol. The van der Waals surface area contributed by atoms with Crippen LogP contribution in [0.4, 0.5) is 10.5 Å². The molecule has 1 aromatic carbocycles. The van der Waals surface area contributed by atoms with Gasteiger partial charge in [0.1, 0.15) is 12.4 Å². The molecule has 0 radical (unpaired) electrons. The van der Waals surface area contributed by atoms with Crippen LogP contribution in [-0.4, -0.2) is 54.3 Å². The van der Waals surface area contributed by atoms with E-state index in [1.54, 1.807) is 49.6 Å². The largest absolute Gasteiger partial charge is 0.493 e. The second-order valence-electron chi connectivity index (χ2n) is 5.85. The number of carbonyl (C=O) groups excluding carboxylic acids is 1. The fourth-order valence-corrected chi connectivity index (χ4v) is 2.92. The molecule has 2 amide bonds. The highest BCUT2D eigenvalue weighted by Gasteiger charge is 2.26. The van der Waals surface area contributed by atoms with Crippen LogP contribution in [0.25, 0.3) is 0 Å². The van der Waals surface area contributed by atoms with Crippen LogP contribution in [0, 0.1) is 0 Å². The highest BCUT2D eigenvalue weighted by molar-refractivity contribution is 5.91. The second-order valence-corrected chi connectivity index (χ2v) is 5.85. The van der Waals surface area contributed by atoms with Gasteiger partial charge in [-0.2, -0.15) is 0 Å². The molecule has 1 atom stereocenters. The molecule has 8 heteroatoms. The number of nitrogens with zero attached hydrogens (tertiary/aromatic N) is 3. The zero-order chi connectivity index (χ0) is 18.4. The molecule has 1 saturated heterocycles. The Kier molecular flexibility index (Phi) is 5.73. The lowest BCUT2D eigenvalue weighted by Crippen LogP contribution is -2.46. The number of rotatable bonds is 5. The molecule has 0 spiro atoms. The number of urea groups is 1. The number of ether oxygens (including phenoxy) is 3. The van der Waals surface area contributed by atoms with E-state index >= 15 is 0 Å². The summed E-state index contributed by atoms with van der Waals surface area (Å²) in [5.74, 6) is 1.57. The summed E-state index contributed by atoms with van der Waals surface area (Å²) in [5, 5.41) is 2.89. The average Bonchev–Trinajstić information content (AvgIpc) is 2.68. The van der Waals surface area contributed by atoms with Gasteiger partial charge in [-0.05, 0) is 25.0 Å². The Hall–Kier alpha value is -3.03. The summed E-state index contributed by atoms with van der Waals surface area (Å²) in [6.45, 7) is 1.16. The molecule has 1 fully saturated rings. The number of carbonyl (C=O) groups is 1. The van der Waals surface area contributed by atoms with Crippen LogP contribution in [0.1, 0.15) is 12.8 Å². The van der Waals surface area contributed by atoms with E-state index in [1.807, 2.05) is 0 Å². The molecule has 1 aromatic heterocycles. The predicted octanol–water partition coefficient (Wildman–Crippen LogP) is 2.57. The minimum Gasteiger partial charge on any atom is -0.493 e. The molecule has 2 heterocycles. The quantitative estimate of drug-likeness (QED) is 0.884. The molecule has 26 heavy (non-hydrogen) atoms. The van der Waals surface area contributed by atoms with Crippen molar-refractivity contribution >= 4 is 11.7 Å². The molecule has 1 unspecified atom stereocenters. The normalized spacial score (nSPS) is 16.7. The first-order valence-electron chi connectivity index (χ1n) is 8.41. The van der Waals surface area contributed by atoms with Gasteiger partial charge in [0.05, 0.1) is 26.5 Å². The number of hydrogen-bond donors (Lipinski definition) is 1. The number of nitrogens with one attached hydrogen (secondary N) is 1. The first-order valence-corrected chi connectivity index (χ1v) is 8.41. The maximum atomic E-state index is 12.7. The van der Waals surface area contributed by atoms with Gasteiger partial charge in [-0.1, -0.05) is 6.07 Å². The topological polar surface area (TPSA) is 85.8 Å². The highest BCUT2D eigenvalue weighted by Crippen LogP contribution is 2.35. The maximum Gasteiger partial charge on any atom is 0.322 e. The molecule has 1 aliphatic rings. The van der Waals surface area contributed by atoms with Crippen molar-refractivity contribution in [3.63, 3.8) is 0 Å². The molecule has 138 valence electrons. The van der Waals surface area contributed by atoms with Crippen LogP contribution in [0.5, 0.6) is 17.4 Å². The van der Waals surface area contributed by atoms with E-state index in [-0.39, 0.29) is 12.1 Å². The monoisotopic (exact) mass is 358 g/mol. The van der Waals surface area contributed by atoms with Crippen molar-refractivity contribution in [3.05, 3.63) is 36.8 Å². The Labute approximate surface area is 152 Å². The van der Waals surface area contributed by atoms with Crippen LogP contribution < -0.4 is 19.5 Å². The van der Waals surface area contributed by atoms with Gasteiger partial charge < -0.3 is 24.4 Å². The maximum absolute atomic E-state index is 12.7. The van der Waals surface area contributed by atoms with E-state index in [9.17, 15) is 4.79 Å². The van der Waals surface area contributed by atoms with Crippen molar-refractivity contribution in [1.29, 1.82) is 0 Å². The standard InChI is InChI=1S/C18H22N4O4/c1-24-15-7-3-6-14(17(15)25-2)21-18(23)22-10-4-5-13(11-22)26-16-8-9-19-12-20-16/h3,6-9,12-13H,4-5,10-11H2,1-2H3,(H,21,23). The molecular weight excluding hydrogens is 336 g/mol. The summed E-state index contributed by atoms with van der Waals surface area (Å²) < 4.78 is 16.5. The second kappa shape index (κ2) is 8.37. The Bertz CT molecular complexity index is 741. The van der Waals surface area contributed by atoms with Gasteiger partial charge in [0, 0.05) is 18.8 Å². The van der Waals surface area contributed by atoms with Gasteiger partial charge in [0.2, 0.25) is 5.88 Å². The van der Waals surface area contributed by atoms with Gasteiger partial charge in [0.25, 0.3) is 0 Å². The van der Waals surface area contributed by atoms with Gasteiger partial charge >= 0.3 is 6.03 Å². The Morgan fingerprint density at radius 1 is 1.27 bits per heavy atom. The lowest BCUT2D eigenvalue weighted by atomic mass is 10.1. The van der Waals surface area contributed by atoms with Crippen molar-refractivity contribution < 1.29 is 19.0 Å². The van der Waals surface area contributed by atoms with Crippen LogP contribution >= 0.6 is 0 Å². The minimum atomic E-state index is -0.201. The third-order valence-corrected chi connectivity index (χ3v) is 4.15. The molecule has 2 aromatic rings. The number of aromatic nitrogens is 2. The van der Waals surface area contributed by atoms with E-state index in [0.29, 0.717) is 36.2 Å². The summed E-state index contributed by atoms with van der Waals surface area (Å²) in [4.78, 5) is 22.3. The van der Waals surface area contributed by atoms with Crippen LogP contribution in [-0.2, 0) is 0 Å². The first kappa shape index (κ1) is 17.8. The summed E-state index contributed by atoms with van der Waals surface area (Å²) in [7, 11) is 3.10. The number of piperidine rings is 1. The van der Waals surface area contributed by atoms with Crippen LogP contribution in [0.15, 0.2) is 36.8 Å². The molecule has 3 rings (SSSR count). The van der Waals surface area contributed by atoms with E-state index < -0.39 is 0 Å². The zero-order valence-corrected chi connectivity index (χ0v) is 14.8. The van der Waals surface area contributed by atoms with Gasteiger partial charge in [-0.3, -0.25) is 0 Å². The van der Waals surface area contributed by atoms with Crippen LogP contribution in [0.3, 0.4) is 0 Å². The van der Waals surface area contributed by atoms with Crippen molar-refractivity contribution in [3.8, 4) is 17.4 Å². The fourth-order valence-electron chi connectivity index (χ4n) is 2.92. The summed E-state index contributed by atoms with van der Waals surface area (Å²) in [5.41, 5.74) is 0.565. The molecule has 1 aliphatic heterocycles. The Morgan fingerprint density at radius 2 is 2.15 bits per heavy atom. The molecular formula is C18H22N4O4. The molecule has 8 nitrogen and oxygen atoms in total. The number of amides is 2. The zero-order valence-electron chi connectivity index (χ0n) is 14.8. The van der Waals surface area contributed by atoms with Crippen LogP contribution in [0.2, 0.25) is 0 Å². The third-order valence-electron chi connectivity index (χ3n) is 4.15. The number of para-hydroxylation sites is 1. The molecule has 0 saturated carbocycles. The summed E-state index contributed by atoms with van der Waals surface area (Å²) in [6.07, 6.45) is 4.70. The Morgan fingerprint density at radius 3 is 2.88 bits per heavy atom. The number of likely N-dealkylation sites (tertiary alicyclic amines) is 1. The highest BCUT2D eigenvalue weighted by atomic mass is 16.5. The fraction of sp³-hybridized carbons (Fsp3) is 0.389. The Balaban J connectivity index is 1.64. The van der Waals surface area contributed by atoms with Crippen molar-refractivity contribution in [2.45, 2.75) is 18.9 Å². The van der Waals surface area contributed by atoms with Gasteiger partial charge in [-0.25, -0.2) is 14.8 Å². The van der Waals surface area contributed by atoms with Crippen molar-refractivity contribution in [2.24, 2.45) is 0 Å². The molecule has 1 N–H and O–H groups in total. The molecule has 0 aliphatic carbocycles. The lowest BCUT2D eigenvalue weighted by Gasteiger charge is -2.32. The van der Waals surface area contributed by atoms with E-state index in [2.05, 4.69) is 15.3 Å². The summed E-state index contributed by atoms with van der Waals surface area (Å²) >= 11 is 0. The lowest BCUT2D eigenvalue weighted by molar-refractivity contribution is 0.102. The van der Waals surface area contributed by atoms with Crippen molar-refractivity contribution in [1.82, 2.24) is 14.9 Å². The minimum absolute atomic E-state index is 0.100. The van der Waals surface area contributed by atoms with E-state index in [0.717, 1.165) is 12.8 Å². The van der Waals surface area contributed by atoms with Gasteiger partial charge in [0.15, 0.2) is 11.5 Å². The smallest absolute Gasteiger partial charge is 0.322 e. The first-order chi connectivity index (χ1) is 12.7. The van der Waals surface area contributed by atoms with E-state index in [1.165, 1.54) is 6.33 Å². The summed E-state index contributed by atoms with van der Waals surface area (Å²) in [6, 6.07) is 6.86. The third kappa shape index (κ3) is 4.14. The number of methoxy groups -OCH3 is 2. The van der Waals surface area contributed by atoms with Gasteiger partial charge in [-0.15, -0.1) is 0 Å². The van der Waals surface area contributed by atoms with Crippen molar-refractivity contribution in [2.75, 3.05) is 32.6 Å². The SMILES string of the molecule is COc1cccc(NC(=O)N2CCCC(Oc3ccncn3)C2)c1OC. The number of benzene rings is 1. The predicted molar refractivity (Wildman–Crippen MR) is 95.8 cm³/mol. The number of hydrogen-bond acceptors (Lipinski definition) is 6. The number of anilines is 1.